The van der Waals surface area contributed by atoms with E-state index in [1.165, 1.54) is 0 Å². The molecule has 0 aromatic carbocycles. The van der Waals surface area contributed by atoms with Crippen LogP contribution in [-0.2, 0) is 5.33 Å². The fourth-order valence-electron chi connectivity index (χ4n) is 0.652. The highest BCUT2D eigenvalue weighted by Gasteiger charge is 2.00. The first-order valence-electron chi connectivity index (χ1n) is 3.02. The zero-order chi connectivity index (χ0) is 8.27. The second-order valence-electron chi connectivity index (χ2n) is 1.95. The molecule has 1 aromatic rings. The monoisotopic (exact) mass is 279 g/mol. The lowest BCUT2D eigenvalue weighted by Crippen LogP contribution is -1.89. The van der Waals surface area contributed by atoms with E-state index in [-0.39, 0.29) is 0 Å². The molecule has 0 unspecified atom stereocenters. The molecule has 0 atom stereocenters. The summed E-state index contributed by atoms with van der Waals surface area (Å²) in [5.74, 6) is 0.626. The Bertz CT molecular complexity index is 252. The Hall–Kier alpha value is -0.0900. The van der Waals surface area contributed by atoms with Gasteiger partial charge in [0.15, 0.2) is 0 Å². The fourth-order valence-corrected chi connectivity index (χ4v) is 1.91. The van der Waals surface area contributed by atoms with Crippen molar-refractivity contribution in [3.63, 3.8) is 0 Å². The van der Waals surface area contributed by atoms with Crippen LogP contribution in [0.4, 0.5) is 0 Å². The van der Waals surface area contributed by atoms with Crippen molar-refractivity contribution < 1.29 is 4.74 Å². The molecule has 0 fully saturated rings. The van der Waals surface area contributed by atoms with Crippen LogP contribution in [0.3, 0.4) is 0 Å². The summed E-state index contributed by atoms with van der Waals surface area (Å²) in [5, 5.41) is 0.796. The highest BCUT2D eigenvalue weighted by Crippen LogP contribution is 2.21. The van der Waals surface area contributed by atoms with Gasteiger partial charge in [0.1, 0.15) is 0 Å². The van der Waals surface area contributed by atoms with E-state index in [0.29, 0.717) is 5.88 Å². The van der Waals surface area contributed by atoms with Gasteiger partial charge >= 0.3 is 0 Å². The summed E-state index contributed by atoms with van der Waals surface area (Å²) in [7, 11) is 1.60. The summed E-state index contributed by atoms with van der Waals surface area (Å²) in [4.78, 5) is 4.05. The summed E-state index contributed by atoms with van der Waals surface area (Å²) < 4.78 is 5.95. The van der Waals surface area contributed by atoms with E-state index in [4.69, 9.17) is 4.74 Å². The molecule has 0 saturated heterocycles. The lowest BCUT2D eigenvalue weighted by atomic mass is 10.3. The average molecular weight is 281 g/mol. The van der Waals surface area contributed by atoms with E-state index in [1.807, 2.05) is 6.07 Å². The van der Waals surface area contributed by atoms with Crippen molar-refractivity contribution in [1.29, 1.82) is 0 Å². The molecule has 0 saturated carbocycles. The number of halogens is 2. The normalized spacial score (nSPS) is 9.73. The molecule has 0 aliphatic rings. The van der Waals surface area contributed by atoms with Gasteiger partial charge in [0.2, 0.25) is 5.88 Å². The highest BCUT2D eigenvalue weighted by atomic mass is 79.9. The summed E-state index contributed by atoms with van der Waals surface area (Å²) in [6, 6.07) is 1.84. The van der Waals surface area contributed by atoms with Gasteiger partial charge in [-0.05, 0) is 5.56 Å². The van der Waals surface area contributed by atoms with E-state index >= 15 is 0 Å². The molecule has 0 amide bonds. The molecule has 0 N–H and O–H groups in total. The number of ether oxygens (including phenoxy) is 1. The minimum atomic E-state index is 0.626. The van der Waals surface area contributed by atoms with Crippen LogP contribution in [0.15, 0.2) is 16.7 Å². The number of methoxy groups -OCH3 is 1. The number of nitrogens with zero attached hydrogens (tertiary/aromatic N) is 1. The van der Waals surface area contributed by atoms with Gasteiger partial charge in [0.25, 0.3) is 0 Å². The molecule has 0 bridgehead atoms. The number of pyridine rings is 1. The standard InChI is InChI=1S/C7H7Br2NO/c1-11-7-2-6(9)5(3-8)4-10-7/h2,4H,3H2,1H3. The minimum absolute atomic E-state index is 0.626. The molecule has 1 aromatic heterocycles. The van der Waals surface area contributed by atoms with Crippen molar-refractivity contribution in [2.24, 2.45) is 0 Å². The van der Waals surface area contributed by atoms with E-state index in [2.05, 4.69) is 36.8 Å². The average Bonchev–Trinajstić information content (AvgIpc) is 2.04. The Kier molecular flexibility index (Phi) is 3.33. The van der Waals surface area contributed by atoms with Crippen molar-refractivity contribution in [2.45, 2.75) is 5.33 Å². The zero-order valence-electron chi connectivity index (χ0n) is 5.97. The van der Waals surface area contributed by atoms with Crippen LogP contribution < -0.4 is 4.74 Å². The predicted molar refractivity (Wildman–Crippen MR) is 51.1 cm³/mol. The van der Waals surface area contributed by atoms with Crippen molar-refractivity contribution in [2.75, 3.05) is 7.11 Å². The first-order valence-corrected chi connectivity index (χ1v) is 4.93. The molecule has 4 heteroatoms. The van der Waals surface area contributed by atoms with Crippen molar-refractivity contribution in [3.8, 4) is 5.88 Å². The van der Waals surface area contributed by atoms with E-state index < -0.39 is 0 Å². The molecular weight excluding hydrogens is 274 g/mol. The SMILES string of the molecule is COc1cc(Br)c(CBr)cn1. The van der Waals surface area contributed by atoms with Crippen LogP contribution in [0, 0.1) is 0 Å². The molecular formula is C7H7Br2NO. The Morgan fingerprint density at radius 3 is 2.82 bits per heavy atom. The molecule has 60 valence electrons. The number of hydrogen-bond acceptors (Lipinski definition) is 2. The topological polar surface area (TPSA) is 22.1 Å². The van der Waals surface area contributed by atoms with E-state index in [1.54, 1.807) is 13.3 Å². The maximum atomic E-state index is 4.94. The fraction of sp³-hybridized carbons (Fsp3) is 0.286. The molecule has 1 rings (SSSR count). The van der Waals surface area contributed by atoms with Crippen molar-refractivity contribution in [3.05, 3.63) is 22.3 Å². The third-order valence-corrected chi connectivity index (χ3v) is 2.60. The number of alkyl halides is 1. The van der Waals surface area contributed by atoms with Gasteiger partial charge in [-0.1, -0.05) is 31.9 Å². The van der Waals surface area contributed by atoms with Gasteiger partial charge in [-0.2, -0.15) is 0 Å². The molecule has 0 aliphatic heterocycles. The molecule has 0 radical (unpaired) electrons. The van der Waals surface area contributed by atoms with E-state index in [9.17, 15) is 0 Å². The Labute approximate surface area is 82.2 Å². The van der Waals surface area contributed by atoms with Crippen LogP contribution in [0.25, 0.3) is 0 Å². The molecule has 0 aliphatic carbocycles. The van der Waals surface area contributed by atoms with Crippen molar-refractivity contribution in [1.82, 2.24) is 4.98 Å². The van der Waals surface area contributed by atoms with Crippen molar-refractivity contribution >= 4 is 31.9 Å². The predicted octanol–water partition coefficient (Wildman–Crippen LogP) is 2.75. The molecule has 1 heterocycles. The smallest absolute Gasteiger partial charge is 0.214 e. The lowest BCUT2D eigenvalue weighted by Gasteiger charge is -2.01. The van der Waals surface area contributed by atoms with Gasteiger partial charge < -0.3 is 4.74 Å². The first kappa shape index (κ1) is 9.00. The third-order valence-electron chi connectivity index (χ3n) is 1.26. The Morgan fingerprint density at radius 2 is 2.36 bits per heavy atom. The number of rotatable bonds is 2. The number of aromatic nitrogens is 1. The van der Waals surface area contributed by atoms with Crippen LogP contribution >= 0.6 is 31.9 Å². The highest BCUT2D eigenvalue weighted by molar-refractivity contribution is 9.10. The summed E-state index contributed by atoms with van der Waals surface area (Å²) in [6.45, 7) is 0. The quantitative estimate of drug-likeness (QED) is 0.777. The third kappa shape index (κ3) is 2.17. The Balaban J connectivity index is 2.99. The largest absolute Gasteiger partial charge is 0.481 e. The molecule has 2 nitrogen and oxygen atoms in total. The first-order chi connectivity index (χ1) is 5.27. The van der Waals surface area contributed by atoms with Crippen LogP contribution in [0.5, 0.6) is 5.88 Å². The Morgan fingerprint density at radius 1 is 1.64 bits per heavy atom. The second-order valence-corrected chi connectivity index (χ2v) is 3.37. The van der Waals surface area contributed by atoms with Gasteiger partial charge in [0, 0.05) is 22.1 Å². The van der Waals surface area contributed by atoms with Gasteiger partial charge in [-0.25, -0.2) is 4.98 Å². The summed E-state index contributed by atoms with van der Waals surface area (Å²) >= 11 is 6.74. The second kappa shape index (κ2) is 4.07. The maximum absolute atomic E-state index is 4.94. The molecule has 11 heavy (non-hydrogen) atoms. The number of hydrogen-bond donors (Lipinski definition) is 0. The summed E-state index contributed by atoms with van der Waals surface area (Å²) in [6.07, 6.45) is 1.78. The summed E-state index contributed by atoms with van der Waals surface area (Å²) in [5.41, 5.74) is 1.12. The van der Waals surface area contributed by atoms with Crippen LogP contribution in [0.2, 0.25) is 0 Å². The van der Waals surface area contributed by atoms with E-state index in [0.717, 1.165) is 15.4 Å². The maximum Gasteiger partial charge on any atom is 0.214 e. The molecule has 0 spiro atoms. The van der Waals surface area contributed by atoms with Gasteiger partial charge in [-0.15, -0.1) is 0 Å². The van der Waals surface area contributed by atoms with Crippen LogP contribution in [-0.4, -0.2) is 12.1 Å². The lowest BCUT2D eigenvalue weighted by molar-refractivity contribution is 0.397. The van der Waals surface area contributed by atoms with Gasteiger partial charge in [0.05, 0.1) is 7.11 Å². The zero-order valence-corrected chi connectivity index (χ0v) is 9.15. The minimum Gasteiger partial charge on any atom is -0.481 e. The van der Waals surface area contributed by atoms with Crippen LogP contribution in [0.1, 0.15) is 5.56 Å². The van der Waals surface area contributed by atoms with Gasteiger partial charge in [-0.3, -0.25) is 0 Å².